The average Bonchev–Trinajstić information content (AvgIpc) is 2.49. The van der Waals surface area contributed by atoms with Crippen LogP contribution >= 0.6 is 0 Å². The molecule has 1 aromatic heterocycles. The van der Waals surface area contributed by atoms with Crippen molar-refractivity contribution in [2.45, 2.75) is 46.1 Å². The highest BCUT2D eigenvalue weighted by Crippen LogP contribution is 2.33. The zero-order valence-electron chi connectivity index (χ0n) is 13.1. The summed E-state index contributed by atoms with van der Waals surface area (Å²) in [6.07, 6.45) is 9.12. The van der Waals surface area contributed by atoms with Gasteiger partial charge in [-0.05, 0) is 55.5 Å². The second-order valence-electron chi connectivity index (χ2n) is 6.19. The number of aromatic nitrogens is 1. The number of hydrogen-bond donors (Lipinski definition) is 1. The molecular formula is C17H29N3. The van der Waals surface area contributed by atoms with E-state index >= 15 is 0 Å². The van der Waals surface area contributed by atoms with E-state index in [0.717, 1.165) is 13.1 Å². The molecule has 1 unspecified atom stereocenters. The van der Waals surface area contributed by atoms with Gasteiger partial charge in [-0.15, -0.1) is 0 Å². The second-order valence-corrected chi connectivity index (χ2v) is 6.19. The van der Waals surface area contributed by atoms with Crippen LogP contribution in [0.4, 0.5) is 0 Å². The van der Waals surface area contributed by atoms with Crippen LogP contribution in [0.3, 0.4) is 0 Å². The topological polar surface area (TPSA) is 28.2 Å². The Labute approximate surface area is 123 Å². The first-order valence-electron chi connectivity index (χ1n) is 8.10. The van der Waals surface area contributed by atoms with Crippen molar-refractivity contribution in [1.29, 1.82) is 0 Å². The van der Waals surface area contributed by atoms with Gasteiger partial charge in [-0.2, -0.15) is 0 Å². The average molecular weight is 275 g/mol. The van der Waals surface area contributed by atoms with E-state index in [2.05, 4.69) is 41.2 Å². The van der Waals surface area contributed by atoms with Gasteiger partial charge in [-0.25, -0.2) is 0 Å². The minimum Gasteiger partial charge on any atom is -0.316 e. The Morgan fingerprint density at radius 1 is 1.30 bits per heavy atom. The molecule has 0 radical (unpaired) electrons. The number of nitrogens with zero attached hydrogens (tertiary/aromatic N) is 2. The summed E-state index contributed by atoms with van der Waals surface area (Å²) >= 11 is 0. The van der Waals surface area contributed by atoms with E-state index in [4.69, 9.17) is 0 Å². The monoisotopic (exact) mass is 275 g/mol. The van der Waals surface area contributed by atoms with Crippen molar-refractivity contribution in [3.63, 3.8) is 0 Å². The van der Waals surface area contributed by atoms with E-state index in [1.807, 2.05) is 12.4 Å². The maximum atomic E-state index is 4.11. The summed E-state index contributed by atoms with van der Waals surface area (Å²) in [7, 11) is 0. The van der Waals surface area contributed by atoms with Crippen LogP contribution < -0.4 is 5.32 Å². The van der Waals surface area contributed by atoms with Crippen molar-refractivity contribution >= 4 is 0 Å². The molecule has 1 aliphatic heterocycles. The Bertz CT molecular complexity index is 366. The Balaban J connectivity index is 1.99. The summed E-state index contributed by atoms with van der Waals surface area (Å²) in [5.41, 5.74) is 1.85. The molecule has 0 aromatic carbocycles. The Hall–Kier alpha value is -0.930. The Morgan fingerprint density at radius 2 is 2.10 bits per heavy atom. The van der Waals surface area contributed by atoms with Crippen molar-refractivity contribution in [3.8, 4) is 0 Å². The molecule has 0 spiro atoms. The van der Waals surface area contributed by atoms with Gasteiger partial charge in [0.25, 0.3) is 0 Å². The molecule has 1 saturated heterocycles. The van der Waals surface area contributed by atoms with Crippen LogP contribution in [-0.4, -0.2) is 36.1 Å². The van der Waals surface area contributed by atoms with E-state index in [-0.39, 0.29) is 0 Å². The van der Waals surface area contributed by atoms with E-state index in [1.54, 1.807) is 0 Å². The first-order chi connectivity index (χ1) is 9.78. The first-order valence-corrected chi connectivity index (χ1v) is 8.10. The highest BCUT2D eigenvalue weighted by molar-refractivity contribution is 5.09. The van der Waals surface area contributed by atoms with Gasteiger partial charge in [0.2, 0.25) is 0 Å². The predicted molar refractivity (Wildman–Crippen MR) is 84.6 cm³/mol. The molecule has 1 aliphatic rings. The SMILES string of the molecule is CCCC1(CN(CC)Cc2ccncc2)CCCNC1. The predicted octanol–water partition coefficient (Wildman–Crippen LogP) is 3.07. The minimum absolute atomic E-state index is 0.482. The fraction of sp³-hybridized carbons (Fsp3) is 0.706. The summed E-state index contributed by atoms with van der Waals surface area (Å²) in [6.45, 7) is 10.4. The van der Waals surface area contributed by atoms with Crippen molar-refractivity contribution in [1.82, 2.24) is 15.2 Å². The highest BCUT2D eigenvalue weighted by Gasteiger charge is 2.32. The molecule has 1 N–H and O–H groups in total. The van der Waals surface area contributed by atoms with Crippen LogP contribution in [0.5, 0.6) is 0 Å². The summed E-state index contributed by atoms with van der Waals surface area (Å²) < 4.78 is 0. The van der Waals surface area contributed by atoms with E-state index in [0.29, 0.717) is 5.41 Å². The molecule has 3 heteroatoms. The lowest BCUT2D eigenvalue weighted by Crippen LogP contribution is -2.47. The molecule has 1 fully saturated rings. The van der Waals surface area contributed by atoms with Crippen molar-refractivity contribution < 1.29 is 0 Å². The molecule has 20 heavy (non-hydrogen) atoms. The van der Waals surface area contributed by atoms with Gasteiger partial charge < -0.3 is 5.32 Å². The maximum Gasteiger partial charge on any atom is 0.0271 e. The normalized spacial score (nSPS) is 23.1. The minimum atomic E-state index is 0.482. The first kappa shape index (κ1) is 15.5. The molecule has 0 aliphatic carbocycles. The summed E-state index contributed by atoms with van der Waals surface area (Å²) in [5.74, 6) is 0. The van der Waals surface area contributed by atoms with Gasteiger partial charge in [0, 0.05) is 32.0 Å². The smallest absolute Gasteiger partial charge is 0.0271 e. The summed E-state index contributed by atoms with van der Waals surface area (Å²) in [6, 6.07) is 4.27. The lowest BCUT2D eigenvalue weighted by Gasteiger charge is -2.41. The van der Waals surface area contributed by atoms with Gasteiger partial charge in [0.1, 0.15) is 0 Å². The van der Waals surface area contributed by atoms with E-state index < -0.39 is 0 Å². The van der Waals surface area contributed by atoms with Crippen LogP contribution in [0.25, 0.3) is 0 Å². The second kappa shape index (κ2) is 7.75. The number of hydrogen-bond acceptors (Lipinski definition) is 3. The molecule has 2 rings (SSSR count). The van der Waals surface area contributed by atoms with E-state index in [1.165, 1.54) is 50.9 Å². The zero-order chi connectivity index (χ0) is 14.3. The van der Waals surface area contributed by atoms with Gasteiger partial charge >= 0.3 is 0 Å². The van der Waals surface area contributed by atoms with Crippen molar-refractivity contribution in [3.05, 3.63) is 30.1 Å². The third-order valence-electron chi connectivity index (χ3n) is 4.50. The van der Waals surface area contributed by atoms with Crippen LogP contribution in [0, 0.1) is 5.41 Å². The lowest BCUT2D eigenvalue weighted by molar-refractivity contribution is 0.105. The maximum absolute atomic E-state index is 4.11. The molecule has 2 heterocycles. The van der Waals surface area contributed by atoms with Crippen molar-refractivity contribution in [2.24, 2.45) is 5.41 Å². The highest BCUT2D eigenvalue weighted by atomic mass is 15.1. The molecule has 112 valence electrons. The summed E-state index contributed by atoms with van der Waals surface area (Å²) in [5, 5.41) is 3.62. The number of piperidine rings is 1. The number of nitrogens with one attached hydrogen (secondary N) is 1. The zero-order valence-corrected chi connectivity index (χ0v) is 13.1. The molecule has 3 nitrogen and oxygen atoms in total. The van der Waals surface area contributed by atoms with Gasteiger partial charge in [0.05, 0.1) is 0 Å². The van der Waals surface area contributed by atoms with Crippen molar-refractivity contribution in [2.75, 3.05) is 26.2 Å². The fourth-order valence-electron chi connectivity index (χ4n) is 3.49. The quantitative estimate of drug-likeness (QED) is 0.829. The molecular weight excluding hydrogens is 246 g/mol. The standard InChI is InChI=1S/C17H29N3/c1-3-8-17(9-5-10-19-14-17)15-20(4-2)13-16-6-11-18-12-7-16/h6-7,11-12,19H,3-5,8-10,13-15H2,1-2H3. The van der Waals surface area contributed by atoms with Gasteiger partial charge in [-0.3, -0.25) is 9.88 Å². The largest absolute Gasteiger partial charge is 0.316 e. The molecule has 0 saturated carbocycles. The van der Waals surface area contributed by atoms with Crippen LogP contribution in [0.1, 0.15) is 45.1 Å². The van der Waals surface area contributed by atoms with Gasteiger partial charge in [0.15, 0.2) is 0 Å². The van der Waals surface area contributed by atoms with E-state index in [9.17, 15) is 0 Å². The van der Waals surface area contributed by atoms with Crippen LogP contribution in [0.2, 0.25) is 0 Å². The number of pyridine rings is 1. The number of rotatable bonds is 7. The molecule has 0 amide bonds. The van der Waals surface area contributed by atoms with Crippen LogP contribution in [-0.2, 0) is 6.54 Å². The molecule has 1 atom stereocenters. The Morgan fingerprint density at radius 3 is 2.70 bits per heavy atom. The third-order valence-corrected chi connectivity index (χ3v) is 4.50. The third kappa shape index (κ3) is 4.29. The van der Waals surface area contributed by atoms with Gasteiger partial charge in [-0.1, -0.05) is 20.3 Å². The Kier molecular flexibility index (Phi) is 5.99. The molecule has 1 aromatic rings. The van der Waals surface area contributed by atoms with Crippen LogP contribution in [0.15, 0.2) is 24.5 Å². The summed E-state index contributed by atoms with van der Waals surface area (Å²) in [4.78, 5) is 6.70. The fourth-order valence-corrected chi connectivity index (χ4v) is 3.49. The molecule has 0 bridgehead atoms. The lowest BCUT2D eigenvalue weighted by atomic mass is 9.76.